The van der Waals surface area contributed by atoms with Gasteiger partial charge < -0.3 is 10.2 Å². The number of rotatable bonds is 5. The van der Waals surface area contributed by atoms with E-state index in [0.717, 1.165) is 5.56 Å². The highest BCUT2D eigenvalue weighted by atomic mass is 35.5. The van der Waals surface area contributed by atoms with Crippen molar-refractivity contribution in [3.63, 3.8) is 0 Å². The molecule has 0 aliphatic carbocycles. The molecule has 3 rings (SSSR count). The first-order valence-corrected chi connectivity index (χ1v) is 9.63. The monoisotopic (exact) mass is 403 g/mol. The summed E-state index contributed by atoms with van der Waals surface area (Å²) in [6.45, 7) is 4.34. The number of piperazine rings is 1. The average Bonchev–Trinajstić information content (AvgIpc) is 2.72. The van der Waals surface area contributed by atoms with Crippen LogP contribution in [-0.4, -0.2) is 53.8 Å². The van der Waals surface area contributed by atoms with Gasteiger partial charge in [0.2, 0.25) is 5.91 Å². The molecule has 1 N–H and O–H groups in total. The SMILES string of the molecule is CC(C(=O)NCc1ccc(Cl)cc1)N1CCN(C(=O)c2ccccc2F)CC1. The molecule has 1 heterocycles. The number of benzene rings is 2. The summed E-state index contributed by atoms with van der Waals surface area (Å²) < 4.78 is 13.8. The molecular weight excluding hydrogens is 381 g/mol. The Bertz CT molecular complexity index is 836. The first-order chi connectivity index (χ1) is 13.5. The fourth-order valence-corrected chi connectivity index (χ4v) is 3.35. The molecule has 1 aliphatic rings. The fraction of sp³-hybridized carbons (Fsp3) is 0.333. The Hall–Kier alpha value is -2.44. The molecule has 148 valence electrons. The topological polar surface area (TPSA) is 52.7 Å². The zero-order valence-electron chi connectivity index (χ0n) is 15.7. The number of nitrogens with zero attached hydrogens (tertiary/aromatic N) is 2. The maximum atomic E-state index is 13.8. The Morgan fingerprint density at radius 1 is 1.07 bits per heavy atom. The van der Waals surface area contributed by atoms with Crippen LogP contribution in [0.3, 0.4) is 0 Å². The van der Waals surface area contributed by atoms with Crippen LogP contribution in [0.1, 0.15) is 22.8 Å². The van der Waals surface area contributed by atoms with Crippen molar-refractivity contribution in [2.45, 2.75) is 19.5 Å². The van der Waals surface area contributed by atoms with Gasteiger partial charge in [0.1, 0.15) is 5.82 Å². The molecule has 0 bridgehead atoms. The third kappa shape index (κ3) is 4.88. The number of halogens is 2. The summed E-state index contributed by atoms with van der Waals surface area (Å²) in [6, 6.07) is 13.0. The number of carbonyl (C=O) groups is 2. The van der Waals surface area contributed by atoms with Crippen LogP contribution in [-0.2, 0) is 11.3 Å². The van der Waals surface area contributed by atoms with E-state index in [0.29, 0.717) is 37.7 Å². The van der Waals surface area contributed by atoms with Crippen LogP contribution < -0.4 is 5.32 Å². The van der Waals surface area contributed by atoms with Gasteiger partial charge in [-0.2, -0.15) is 0 Å². The molecule has 0 aromatic heterocycles. The average molecular weight is 404 g/mol. The first-order valence-electron chi connectivity index (χ1n) is 9.25. The summed E-state index contributed by atoms with van der Waals surface area (Å²) in [4.78, 5) is 28.6. The first kappa shape index (κ1) is 20.3. The van der Waals surface area contributed by atoms with Crippen molar-refractivity contribution in [3.8, 4) is 0 Å². The molecule has 2 aromatic carbocycles. The van der Waals surface area contributed by atoms with Crippen molar-refractivity contribution in [2.24, 2.45) is 0 Å². The third-order valence-corrected chi connectivity index (χ3v) is 5.26. The minimum atomic E-state index is -0.509. The maximum Gasteiger partial charge on any atom is 0.256 e. The largest absolute Gasteiger partial charge is 0.351 e. The number of hydrogen-bond acceptors (Lipinski definition) is 3. The molecule has 2 aromatic rings. The van der Waals surface area contributed by atoms with E-state index in [2.05, 4.69) is 5.32 Å². The predicted molar refractivity (Wildman–Crippen MR) is 107 cm³/mol. The van der Waals surface area contributed by atoms with E-state index in [1.807, 2.05) is 24.0 Å². The van der Waals surface area contributed by atoms with Crippen molar-refractivity contribution >= 4 is 23.4 Å². The molecule has 5 nitrogen and oxygen atoms in total. The number of hydrogen-bond donors (Lipinski definition) is 1. The van der Waals surface area contributed by atoms with Crippen molar-refractivity contribution in [1.29, 1.82) is 0 Å². The summed E-state index contributed by atoms with van der Waals surface area (Å²) in [6.07, 6.45) is 0. The van der Waals surface area contributed by atoms with Gasteiger partial charge >= 0.3 is 0 Å². The molecule has 1 atom stereocenters. The highest BCUT2D eigenvalue weighted by Crippen LogP contribution is 2.14. The van der Waals surface area contributed by atoms with E-state index in [4.69, 9.17) is 11.6 Å². The molecule has 0 saturated carbocycles. The van der Waals surface area contributed by atoms with E-state index < -0.39 is 5.82 Å². The third-order valence-electron chi connectivity index (χ3n) is 5.01. The van der Waals surface area contributed by atoms with Gasteiger partial charge in [0.25, 0.3) is 5.91 Å². The van der Waals surface area contributed by atoms with Crippen LogP contribution in [0.4, 0.5) is 4.39 Å². The number of carbonyl (C=O) groups excluding carboxylic acids is 2. The van der Waals surface area contributed by atoms with Gasteiger partial charge in [-0.25, -0.2) is 4.39 Å². The second kappa shape index (κ2) is 9.17. The van der Waals surface area contributed by atoms with Gasteiger partial charge in [-0.1, -0.05) is 35.9 Å². The smallest absolute Gasteiger partial charge is 0.256 e. The molecule has 7 heteroatoms. The normalized spacial score (nSPS) is 15.9. The van der Waals surface area contributed by atoms with Crippen LogP contribution in [0.5, 0.6) is 0 Å². The second-order valence-electron chi connectivity index (χ2n) is 6.83. The molecule has 0 spiro atoms. The lowest BCUT2D eigenvalue weighted by Gasteiger charge is -2.37. The lowest BCUT2D eigenvalue weighted by molar-refractivity contribution is -0.126. The number of amides is 2. The highest BCUT2D eigenvalue weighted by molar-refractivity contribution is 6.30. The van der Waals surface area contributed by atoms with E-state index >= 15 is 0 Å². The van der Waals surface area contributed by atoms with Gasteiger partial charge in [-0.3, -0.25) is 14.5 Å². The molecule has 0 radical (unpaired) electrons. The Morgan fingerprint density at radius 2 is 1.71 bits per heavy atom. The summed E-state index contributed by atoms with van der Waals surface area (Å²) in [5, 5.41) is 3.59. The van der Waals surface area contributed by atoms with Crippen molar-refractivity contribution in [2.75, 3.05) is 26.2 Å². The standard InChI is InChI=1S/C21H23ClFN3O2/c1-15(20(27)24-14-16-6-8-17(22)9-7-16)25-10-12-26(13-11-25)21(28)18-4-2-3-5-19(18)23/h2-9,15H,10-14H2,1H3,(H,24,27). The van der Waals surface area contributed by atoms with Gasteiger partial charge in [0, 0.05) is 37.7 Å². The summed E-state index contributed by atoms with van der Waals surface area (Å²) in [5.41, 5.74) is 1.06. The Kier molecular flexibility index (Phi) is 6.65. The molecule has 1 saturated heterocycles. The van der Waals surface area contributed by atoms with Crippen molar-refractivity contribution in [1.82, 2.24) is 15.1 Å². The summed E-state index contributed by atoms with van der Waals surface area (Å²) in [5.74, 6) is -0.883. The van der Waals surface area contributed by atoms with E-state index in [9.17, 15) is 14.0 Å². The summed E-state index contributed by atoms with van der Waals surface area (Å²) in [7, 11) is 0. The van der Waals surface area contributed by atoms with E-state index in [1.54, 1.807) is 29.2 Å². The Morgan fingerprint density at radius 3 is 2.36 bits per heavy atom. The minimum Gasteiger partial charge on any atom is -0.351 e. The van der Waals surface area contributed by atoms with Crippen molar-refractivity contribution < 1.29 is 14.0 Å². The Labute approximate surface area is 169 Å². The summed E-state index contributed by atoms with van der Waals surface area (Å²) >= 11 is 5.87. The van der Waals surface area contributed by atoms with Crippen LogP contribution in [0.25, 0.3) is 0 Å². The van der Waals surface area contributed by atoms with Crippen molar-refractivity contribution in [3.05, 3.63) is 70.5 Å². The van der Waals surface area contributed by atoms with Gasteiger partial charge in [-0.05, 0) is 36.8 Å². The highest BCUT2D eigenvalue weighted by Gasteiger charge is 2.28. The van der Waals surface area contributed by atoms with Crippen LogP contribution in [0.2, 0.25) is 5.02 Å². The van der Waals surface area contributed by atoms with Gasteiger partial charge in [0.15, 0.2) is 0 Å². The van der Waals surface area contributed by atoms with Crippen LogP contribution >= 0.6 is 11.6 Å². The lowest BCUT2D eigenvalue weighted by Crippen LogP contribution is -2.55. The zero-order chi connectivity index (χ0) is 20.1. The molecule has 28 heavy (non-hydrogen) atoms. The minimum absolute atomic E-state index is 0.0659. The number of nitrogens with one attached hydrogen (secondary N) is 1. The lowest BCUT2D eigenvalue weighted by atomic mass is 10.1. The van der Waals surface area contributed by atoms with Crippen LogP contribution in [0, 0.1) is 5.82 Å². The zero-order valence-corrected chi connectivity index (χ0v) is 16.5. The van der Waals surface area contributed by atoms with E-state index in [-0.39, 0.29) is 23.4 Å². The fourth-order valence-electron chi connectivity index (χ4n) is 3.22. The predicted octanol–water partition coefficient (Wildman–Crippen LogP) is 2.94. The quantitative estimate of drug-likeness (QED) is 0.835. The molecular formula is C21H23ClFN3O2. The van der Waals surface area contributed by atoms with E-state index in [1.165, 1.54) is 12.1 Å². The molecule has 1 unspecified atom stereocenters. The molecule has 1 aliphatic heterocycles. The molecule has 1 fully saturated rings. The van der Waals surface area contributed by atoms with Gasteiger partial charge in [0.05, 0.1) is 11.6 Å². The van der Waals surface area contributed by atoms with Crippen LogP contribution in [0.15, 0.2) is 48.5 Å². The Balaban J connectivity index is 1.49. The molecule has 2 amide bonds. The van der Waals surface area contributed by atoms with Gasteiger partial charge in [-0.15, -0.1) is 0 Å². The second-order valence-corrected chi connectivity index (χ2v) is 7.26. The maximum absolute atomic E-state index is 13.8.